The van der Waals surface area contributed by atoms with Crippen molar-refractivity contribution < 1.29 is 18.4 Å². The molecule has 2 aromatic carbocycles. The van der Waals surface area contributed by atoms with E-state index in [4.69, 9.17) is 5.73 Å². The van der Waals surface area contributed by atoms with Gasteiger partial charge in [0.15, 0.2) is 5.13 Å². The number of nitrogens with one attached hydrogen (secondary N) is 3. The highest BCUT2D eigenvalue weighted by Gasteiger charge is 2.25. The molecule has 4 rings (SSSR count). The molecule has 5 N–H and O–H groups in total. The molecule has 172 valence electrons. The molecule has 2 unspecified atom stereocenters. The summed E-state index contributed by atoms with van der Waals surface area (Å²) in [6.45, 7) is 2.95. The van der Waals surface area contributed by atoms with Crippen LogP contribution in [0.1, 0.15) is 45.4 Å². The number of carbonyl (C=O) groups excluding carboxylic acids is 2. The Labute approximate surface area is 193 Å². The highest BCUT2D eigenvalue weighted by atomic mass is 32.1. The van der Waals surface area contributed by atoms with Gasteiger partial charge in [0.2, 0.25) is 5.78 Å². The average molecular weight is 472 g/mol. The summed E-state index contributed by atoms with van der Waals surface area (Å²) in [4.78, 5) is 29.1. The van der Waals surface area contributed by atoms with Gasteiger partial charge in [-0.3, -0.25) is 9.59 Å². The fraction of sp³-hybridized carbons (Fsp3) is 0.261. The third-order valence-corrected chi connectivity index (χ3v) is 6.49. The van der Waals surface area contributed by atoms with E-state index in [1.165, 1.54) is 6.07 Å². The number of benzene rings is 2. The Morgan fingerprint density at radius 3 is 2.52 bits per heavy atom. The van der Waals surface area contributed by atoms with Crippen molar-refractivity contribution in [1.82, 2.24) is 15.6 Å². The highest BCUT2D eigenvalue weighted by molar-refractivity contribution is 7.18. The minimum Gasteiger partial charge on any atom is -0.382 e. The fourth-order valence-corrected chi connectivity index (χ4v) is 4.58. The molecular formula is C23H23F2N5O2S. The molecule has 3 aromatic rings. The summed E-state index contributed by atoms with van der Waals surface area (Å²) in [5.41, 5.74) is 6.28. The van der Waals surface area contributed by atoms with Gasteiger partial charge in [0.25, 0.3) is 5.91 Å². The Bertz CT molecular complexity index is 1160. The number of amides is 1. The van der Waals surface area contributed by atoms with E-state index in [-0.39, 0.29) is 33.8 Å². The number of aromatic nitrogens is 1. The summed E-state index contributed by atoms with van der Waals surface area (Å²) in [7, 11) is 0. The van der Waals surface area contributed by atoms with E-state index in [1.54, 1.807) is 24.3 Å². The maximum atomic E-state index is 14.0. The van der Waals surface area contributed by atoms with Crippen molar-refractivity contribution in [2.45, 2.75) is 31.8 Å². The number of ketones is 1. The van der Waals surface area contributed by atoms with Crippen LogP contribution in [0.2, 0.25) is 0 Å². The molecule has 0 saturated carbocycles. The molecule has 0 radical (unpaired) electrons. The van der Waals surface area contributed by atoms with E-state index in [0.717, 1.165) is 42.9 Å². The van der Waals surface area contributed by atoms with E-state index < -0.39 is 23.0 Å². The van der Waals surface area contributed by atoms with Crippen LogP contribution in [0.4, 0.5) is 25.4 Å². The Balaban J connectivity index is 1.43. The number of nitrogens with zero attached hydrogens (tertiary/aromatic N) is 1. The van der Waals surface area contributed by atoms with E-state index in [9.17, 15) is 18.4 Å². The second kappa shape index (κ2) is 9.63. The first kappa shape index (κ1) is 22.8. The number of anilines is 3. The Morgan fingerprint density at radius 1 is 1.18 bits per heavy atom. The summed E-state index contributed by atoms with van der Waals surface area (Å²) in [5, 5.41) is 9.66. The Morgan fingerprint density at radius 2 is 1.88 bits per heavy atom. The number of hydrogen-bond donors (Lipinski definition) is 4. The summed E-state index contributed by atoms with van der Waals surface area (Å²) in [6, 6.07) is 10.2. The highest BCUT2D eigenvalue weighted by Crippen LogP contribution is 2.31. The number of halogens is 2. The van der Waals surface area contributed by atoms with Crippen molar-refractivity contribution in [2.24, 2.45) is 0 Å². The average Bonchev–Trinajstić information content (AvgIpc) is 3.44. The molecule has 7 nitrogen and oxygen atoms in total. The lowest BCUT2D eigenvalue weighted by atomic mass is 10.1. The summed E-state index contributed by atoms with van der Waals surface area (Å²) in [6.07, 6.45) is 2.14. The molecule has 1 fully saturated rings. The summed E-state index contributed by atoms with van der Waals surface area (Å²) >= 11 is 0.891. The first-order valence-electron chi connectivity index (χ1n) is 10.5. The predicted octanol–water partition coefficient (Wildman–Crippen LogP) is 3.85. The van der Waals surface area contributed by atoms with Crippen molar-refractivity contribution in [3.8, 4) is 0 Å². The van der Waals surface area contributed by atoms with Crippen molar-refractivity contribution >= 4 is 39.7 Å². The van der Waals surface area contributed by atoms with Gasteiger partial charge in [-0.25, -0.2) is 13.8 Å². The molecule has 10 heteroatoms. The maximum absolute atomic E-state index is 14.0. The van der Waals surface area contributed by atoms with Crippen LogP contribution in [0.5, 0.6) is 0 Å². The SMILES string of the molecule is CC(NC(=O)c1ccc(Nc2nc(N)c(C(=O)c3c(F)cccc3F)s2)cc1)C1CCCN1. The zero-order valence-electron chi connectivity index (χ0n) is 17.8. The van der Waals surface area contributed by atoms with Crippen molar-refractivity contribution in [3.63, 3.8) is 0 Å². The van der Waals surface area contributed by atoms with Gasteiger partial charge < -0.3 is 21.7 Å². The summed E-state index contributed by atoms with van der Waals surface area (Å²) in [5.74, 6) is -3.09. The van der Waals surface area contributed by atoms with Crippen LogP contribution in [-0.4, -0.2) is 35.3 Å². The van der Waals surface area contributed by atoms with Gasteiger partial charge in [0.05, 0.1) is 5.56 Å². The van der Waals surface area contributed by atoms with Gasteiger partial charge in [0.1, 0.15) is 22.3 Å². The monoisotopic (exact) mass is 471 g/mol. The van der Waals surface area contributed by atoms with E-state index >= 15 is 0 Å². The number of nitrogen functional groups attached to an aromatic ring is 1. The molecule has 2 atom stereocenters. The van der Waals surface area contributed by atoms with Gasteiger partial charge in [0, 0.05) is 23.3 Å². The first-order chi connectivity index (χ1) is 15.8. The van der Waals surface area contributed by atoms with Crippen LogP contribution in [0.3, 0.4) is 0 Å². The van der Waals surface area contributed by atoms with Crippen LogP contribution < -0.4 is 21.7 Å². The summed E-state index contributed by atoms with van der Waals surface area (Å²) < 4.78 is 27.9. The largest absolute Gasteiger partial charge is 0.382 e. The van der Waals surface area contributed by atoms with Crippen LogP contribution in [-0.2, 0) is 0 Å². The number of hydrogen-bond acceptors (Lipinski definition) is 7. The van der Waals surface area contributed by atoms with Gasteiger partial charge in [-0.15, -0.1) is 0 Å². The normalized spacial score (nSPS) is 16.4. The third-order valence-electron chi connectivity index (χ3n) is 5.51. The predicted molar refractivity (Wildman–Crippen MR) is 124 cm³/mol. The van der Waals surface area contributed by atoms with Gasteiger partial charge >= 0.3 is 0 Å². The zero-order valence-corrected chi connectivity index (χ0v) is 18.6. The zero-order chi connectivity index (χ0) is 23.5. The molecule has 1 aliphatic heterocycles. The second-order valence-electron chi connectivity index (χ2n) is 7.83. The Hall–Kier alpha value is -3.37. The molecule has 1 amide bonds. The van der Waals surface area contributed by atoms with Crippen molar-refractivity contribution in [1.29, 1.82) is 0 Å². The van der Waals surface area contributed by atoms with E-state index in [1.807, 2.05) is 6.92 Å². The van der Waals surface area contributed by atoms with Crippen molar-refractivity contribution in [2.75, 3.05) is 17.6 Å². The minimum atomic E-state index is -0.964. The molecule has 0 bridgehead atoms. The molecular weight excluding hydrogens is 448 g/mol. The lowest BCUT2D eigenvalue weighted by Gasteiger charge is -2.20. The lowest BCUT2D eigenvalue weighted by Crippen LogP contribution is -2.45. The van der Waals surface area contributed by atoms with Crippen molar-refractivity contribution in [3.05, 3.63) is 70.1 Å². The molecule has 1 saturated heterocycles. The maximum Gasteiger partial charge on any atom is 0.251 e. The molecule has 2 heterocycles. The third kappa shape index (κ3) is 5.01. The Kier molecular flexibility index (Phi) is 6.66. The van der Waals surface area contributed by atoms with Crippen LogP contribution in [0.15, 0.2) is 42.5 Å². The fourth-order valence-electron chi connectivity index (χ4n) is 3.73. The standard InChI is InChI=1S/C23H23F2N5O2S/c1-12(17-6-3-11-27-17)28-22(32)13-7-9-14(10-8-13)29-23-30-21(26)20(33-23)19(31)18-15(24)4-2-5-16(18)25/h2,4-5,7-10,12,17,27H,3,6,11,26H2,1H3,(H,28,32)(H,29,30). The molecule has 1 aliphatic rings. The van der Waals surface area contributed by atoms with Gasteiger partial charge in [-0.2, -0.15) is 0 Å². The van der Waals surface area contributed by atoms with E-state index in [2.05, 4.69) is 20.9 Å². The van der Waals surface area contributed by atoms with Gasteiger partial charge in [-0.1, -0.05) is 17.4 Å². The van der Waals surface area contributed by atoms with Gasteiger partial charge in [-0.05, 0) is 62.7 Å². The van der Waals surface area contributed by atoms with Crippen LogP contribution in [0, 0.1) is 11.6 Å². The topological polar surface area (TPSA) is 109 Å². The number of carbonyl (C=O) groups is 2. The number of rotatable bonds is 7. The van der Waals surface area contributed by atoms with E-state index in [0.29, 0.717) is 11.3 Å². The number of thiazole rings is 1. The van der Waals surface area contributed by atoms with Crippen LogP contribution >= 0.6 is 11.3 Å². The molecule has 33 heavy (non-hydrogen) atoms. The minimum absolute atomic E-state index is 0.0198. The lowest BCUT2D eigenvalue weighted by molar-refractivity contribution is 0.0932. The molecule has 0 spiro atoms. The molecule has 1 aromatic heterocycles. The molecule has 0 aliphatic carbocycles. The second-order valence-corrected chi connectivity index (χ2v) is 8.83. The quantitative estimate of drug-likeness (QED) is 0.390. The first-order valence-corrected chi connectivity index (χ1v) is 11.3. The smallest absolute Gasteiger partial charge is 0.251 e. The number of nitrogens with two attached hydrogens (primary N) is 1. The van der Waals surface area contributed by atoms with Crippen LogP contribution in [0.25, 0.3) is 0 Å².